The second-order valence-corrected chi connectivity index (χ2v) is 5.34. The van der Waals surface area contributed by atoms with Crippen molar-refractivity contribution in [3.63, 3.8) is 0 Å². The van der Waals surface area contributed by atoms with E-state index in [4.69, 9.17) is 11.6 Å². The molecule has 1 amide bonds. The van der Waals surface area contributed by atoms with Crippen LogP contribution in [0.25, 0.3) is 0 Å². The highest BCUT2D eigenvalue weighted by Gasteiger charge is 2.13. The number of halogens is 2. The molecule has 0 saturated carbocycles. The van der Waals surface area contributed by atoms with Crippen LogP contribution >= 0.6 is 35.3 Å². The van der Waals surface area contributed by atoms with Crippen LogP contribution in [-0.4, -0.2) is 30.9 Å². The van der Waals surface area contributed by atoms with E-state index in [1.807, 2.05) is 19.1 Å². The molecule has 0 unspecified atom stereocenters. The molecule has 0 aromatic carbocycles. The Kier molecular flexibility index (Phi) is 6.99. The molecule has 0 aliphatic carbocycles. The normalized spacial score (nSPS) is 11.8. The predicted molar refractivity (Wildman–Crippen MR) is 71.6 cm³/mol. The van der Waals surface area contributed by atoms with Gasteiger partial charge in [-0.2, -0.15) is 0 Å². The van der Waals surface area contributed by atoms with Gasteiger partial charge in [-0.1, -0.05) is 11.6 Å². The molecule has 1 heterocycles. The summed E-state index contributed by atoms with van der Waals surface area (Å²) in [5, 5.41) is 3.15. The summed E-state index contributed by atoms with van der Waals surface area (Å²) in [6.45, 7) is 2.54. The predicted octanol–water partition coefficient (Wildman–Crippen LogP) is 2.39. The van der Waals surface area contributed by atoms with Crippen LogP contribution in [0, 0.1) is 0 Å². The lowest BCUT2D eigenvalue weighted by Crippen LogP contribution is -2.40. The first-order chi connectivity index (χ1) is 7.00. The maximum absolute atomic E-state index is 11.5. The number of hydrogen-bond acceptors (Lipinski definition) is 3. The van der Waals surface area contributed by atoms with Crippen molar-refractivity contribution in [3.05, 3.63) is 21.3 Å². The summed E-state index contributed by atoms with van der Waals surface area (Å²) in [6, 6.07) is 3.66. The number of rotatable bonds is 4. The summed E-state index contributed by atoms with van der Waals surface area (Å²) < 4.78 is 0.776. The summed E-state index contributed by atoms with van der Waals surface area (Å²) in [6.07, 6.45) is 0. The highest BCUT2D eigenvalue weighted by molar-refractivity contribution is 7.16. The van der Waals surface area contributed by atoms with Gasteiger partial charge in [-0.3, -0.25) is 4.79 Å². The van der Waals surface area contributed by atoms with Gasteiger partial charge in [-0.15, -0.1) is 23.7 Å². The van der Waals surface area contributed by atoms with Gasteiger partial charge in [0.25, 0.3) is 0 Å². The monoisotopic (exact) mass is 282 g/mol. The molecule has 1 rings (SSSR count). The van der Waals surface area contributed by atoms with Crippen LogP contribution in [0.1, 0.15) is 11.8 Å². The zero-order valence-electron chi connectivity index (χ0n) is 9.49. The maximum atomic E-state index is 11.5. The molecule has 0 radical (unpaired) electrons. The molecule has 1 N–H and O–H groups in total. The first-order valence-electron chi connectivity index (χ1n) is 4.69. The Morgan fingerprint density at radius 1 is 1.56 bits per heavy atom. The third-order valence-electron chi connectivity index (χ3n) is 2.02. The summed E-state index contributed by atoms with van der Waals surface area (Å²) >= 11 is 7.33. The van der Waals surface area contributed by atoms with Crippen LogP contribution in [-0.2, 0) is 11.3 Å². The van der Waals surface area contributed by atoms with Gasteiger partial charge >= 0.3 is 0 Å². The largest absolute Gasteiger partial charge is 0.347 e. The summed E-state index contributed by atoms with van der Waals surface area (Å²) in [4.78, 5) is 14.2. The number of likely N-dealkylation sites (N-methyl/N-ethyl adjacent to an activating group) is 1. The van der Waals surface area contributed by atoms with E-state index in [2.05, 4.69) is 5.32 Å². The van der Waals surface area contributed by atoms with Crippen molar-refractivity contribution < 1.29 is 4.79 Å². The van der Waals surface area contributed by atoms with Crippen LogP contribution in [0.15, 0.2) is 12.1 Å². The molecule has 0 fully saturated rings. The fourth-order valence-electron chi connectivity index (χ4n) is 1.18. The van der Waals surface area contributed by atoms with Crippen molar-refractivity contribution in [3.8, 4) is 0 Å². The Morgan fingerprint density at radius 2 is 2.19 bits per heavy atom. The molecule has 3 nitrogen and oxygen atoms in total. The van der Waals surface area contributed by atoms with Crippen molar-refractivity contribution in [1.82, 2.24) is 10.2 Å². The number of nitrogens with zero attached hydrogens (tertiary/aromatic N) is 1. The van der Waals surface area contributed by atoms with E-state index in [0.29, 0.717) is 6.54 Å². The van der Waals surface area contributed by atoms with Crippen molar-refractivity contribution in [2.24, 2.45) is 0 Å². The van der Waals surface area contributed by atoms with Gasteiger partial charge in [0.15, 0.2) is 0 Å². The fourth-order valence-corrected chi connectivity index (χ4v) is 2.21. The lowest BCUT2D eigenvalue weighted by Gasteiger charge is -2.17. The van der Waals surface area contributed by atoms with E-state index in [1.165, 1.54) is 11.3 Å². The minimum Gasteiger partial charge on any atom is -0.347 e. The van der Waals surface area contributed by atoms with Crippen molar-refractivity contribution in [1.29, 1.82) is 0 Å². The molecule has 0 aliphatic heterocycles. The first-order valence-corrected chi connectivity index (χ1v) is 5.89. The van der Waals surface area contributed by atoms with E-state index >= 15 is 0 Å². The average Bonchev–Trinajstić information content (AvgIpc) is 2.59. The zero-order valence-corrected chi connectivity index (χ0v) is 11.9. The standard InChI is InChI=1S/C10H15ClN2OS.ClH/c1-7(10(14)13(2)3)12-6-8-4-5-9(11)15-8;/h4-5,7,12H,6H2,1-3H3;1H/t7-;/m1./s1. The van der Waals surface area contributed by atoms with Crippen LogP contribution in [0.2, 0.25) is 4.34 Å². The number of thiophene rings is 1. The van der Waals surface area contributed by atoms with E-state index in [1.54, 1.807) is 19.0 Å². The minimum atomic E-state index is -0.166. The summed E-state index contributed by atoms with van der Waals surface area (Å²) in [5.74, 6) is 0.0812. The summed E-state index contributed by atoms with van der Waals surface area (Å²) in [5.41, 5.74) is 0. The molecule has 16 heavy (non-hydrogen) atoms. The Hall–Kier alpha value is -0.290. The third-order valence-corrected chi connectivity index (χ3v) is 3.25. The summed E-state index contributed by atoms with van der Waals surface area (Å²) in [7, 11) is 3.51. The number of amides is 1. The maximum Gasteiger partial charge on any atom is 0.238 e. The lowest BCUT2D eigenvalue weighted by atomic mass is 10.3. The lowest BCUT2D eigenvalue weighted by molar-refractivity contribution is -0.130. The molecule has 6 heteroatoms. The zero-order chi connectivity index (χ0) is 11.4. The Balaban J connectivity index is 0.00000225. The van der Waals surface area contributed by atoms with Crippen molar-refractivity contribution in [2.45, 2.75) is 19.5 Å². The molecule has 0 saturated heterocycles. The number of nitrogens with one attached hydrogen (secondary N) is 1. The van der Waals surface area contributed by atoms with Gasteiger partial charge in [-0.05, 0) is 19.1 Å². The average molecular weight is 283 g/mol. The molecule has 92 valence electrons. The number of carbonyl (C=O) groups is 1. The topological polar surface area (TPSA) is 32.3 Å². The van der Waals surface area contributed by atoms with Gasteiger partial charge in [-0.25, -0.2) is 0 Å². The van der Waals surface area contributed by atoms with Crippen LogP contribution < -0.4 is 5.32 Å². The second-order valence-electron chi connectivity index (χ2n) is 3.54. The van der Waals surface area contributed by atoms with E-state index < -0.39 is 0 Å². The first kappa shape index (κ1) is 15.7. The molecule has 0 bridgehead atoms. The molecule has 0 spiro atoms. The quantitative estimate of drug-likeness (QED) is 0.920. The Morgan fingerprint density at radius 3 is 2.62 bits per heavy atom. The third kappa shape index (κ3) is 4.70. The van der Waals surface area contributed by atoms with Crippen molar-refractivity contribution >= 4 is 41.3 Å². The SMILES string of the molecule is C[C@@H](NCc1ccc(Cl)s1)C(=O)N(C)C.Cl. The molecular weight excluding hydrogens is 267 g/mol. The minimum absolute atomic E-state index is 0. The molecule has 1 atom stereocenters. The van der Waals surface area contributed by atoms with Gasteiger partial charge in [0.05, 0.1) is 10.4 Å². The van der Waals surface area contributed by atoms with E-state index in [-0.39, 0.29) is 24.4 Å². The van der Waals surface area contributed by atoms with Crippen LogP contribution in [0.3, 0.4) is 0 Å². The fraction of sp³-hybridized carbons (Fsp3) is 0.500. The van der Waals surface area contributed by atoms with Crippen molar-refractivity contribution in [2.75, 3.05) is 14.1 Å². The molecular formula is C10H16Cl2N2OS. The van der Waals surface area contributed by atoms with Gasteiger partial charge in [0.1, 0.15) is 0 Å². The van der Waals surface area contributed by atoms with Crippen LogP contribution in [0.5, 0.6) is 0 Å². The second kappa shape index (κ2) is 7.12. The molecule has 1 aromatic heterocycles. The van der Waals surface area contributed by atoms with Gasteiger partial charge < -0.3 is 10.2 Å². The Bertz CT molecular complexity index is 341. The number of hydrogen-bond donors (Lipinski definition) is 1. The van der Waals surface area contributed by atoms with Gasteiger partial charge in [0.2, 0.25) is 5.91 Å². The molecule has 0 aliphatic rings. The molecule has 1 aromatic rings. The highest BCUT2D eigenvalue weighted by atomic mass is 35.5. The highest BCUT2D eigenvalue weighted by Crippen LogP contribution is 2.21. The van der Waals surface area contributed by atoms with Gasteiger partial charge in [0, 0.05) is 25.5 Å². The van der Waals surface area contributed by atoms with E-state index in [9.17, 15) is 4.79 Å². The Labute approximate surface area is 111 Å². The van der Waals surface area contributed by atoms with Crippen LogP contribution in [0.4, 0.5) is 0 Å². The smallest absolute Gasteiger partial charge is 0.238 e. The number of carbonyl (C=O) groups excluding carboxylic acids is 1. The van der Waals surface area contributed by atoms with E-state index in [0.717, 1.165) is 9.21 Å².